The van der Waals surface area contributed by atoms with Gasteiger partial charge in [0.25, 0.3) is 5.91 Å². The number of carbonyl (C=O) groups is 2. The molecule has 0 spiro atoms. The molecule has 7 nitrogen and oxygen atoms in total. The fourth-order valence-electron chi connectivity index (χ4n) is 2.52. The Balaban J connectivity index is 1.96. The van der Waals surface area contributed by atoms with Crippen LogP contribution in [-0.2, 0) is 19.6 Å². The van der Waals surface area contributed by atoms with E-state index in [0.29, 0.717) is 0 Å². The van der Waals surface area contributed by atoms with Gasteiger partial charge in [0.15, 0.2) is 6.61 Å². The first-order valence-corrected chi connectivity index (χ1v) is 10.2. The fraction of sp³-hybridized carbons (Fsp3) is 0.300. The minimum atomic E-state index is -3.68. The molecule has 0 saturated carbocycles. The van der Waals surface area contributed by atoms with Crippen LogP contribution >= 0.6 is 0 Å². The predicted octanol–water partition coefficient (Wildman–Crippen LogP) is 2.25. The molecule has 1 amide bonds. The lowest BCUT2D eigenvalue weighted by Crippen LogP contribution is -2.31. The predicted molar refractivity (Wildman–Crippen MR) is 105 cm³/mol. The summed E-state index contributed by atoms with van der Waals surface area (Å²) in [6.45, 7) is 5.39. The number of esters is 1. The van der Waals surface area contributed by atoms with Gasteiger partial charge in [-0.15, -0.1) is 0 Å². The molecule has 0 bridgehead atoms. The Kier molecular flexibility index (Phi) is 6.93. The van der Waals surface area contributed by atoms with E-state index in [2.05, 4.69) is 10.0 Å². The molecule has 2 aromatic rings. The second kappa shape index (κ2) is 8.99. The number of carbonyl (C=O) groups excluding carboxylic acids is 2. The second-order valence-corrected chi connectivity index (χ2v) is 8.33. The van der Waals surface area contributed by atoms with Gasteiger partial charge in [-0.3, -0.25) is 4.79 Å². The van der Waals surface area contributed by atoms with Crippen LogP contribution in [0.4, 0.5) is 0 Å². The molecule has 8 heteroatoms. The molecule has 150 valence electrons. The summed E-state index contributed by atoms with van der Waals surface area (Å²) in [6.07, 6.45) is 0. The van der Waals surface area contributed by atoms with Crippen LogP contribution in [0.3, 0.4) is 0 Å². The normalized spacial score (nSPS) is 12.3. The zero-order valence-electron chi connectivity index (χ0n) is 16.3. The fourth-order valence-corrected chi connectivity index (χ4v) is 3.30. The van der Waals surface area contributed by atoms with Crippen LogP contribution in [0, 0.1) is 13.8 Å². The summed E-state index contributed by atoms with van der Waals surface area (Å²) in [7, 11) is -2.40. The van der Waals surface area contributed by atoms with E-state index in [1.807, 2.05) is 39.0 Å². The monoisotopic (exact) mass is 404 g/mol. The van der Waals surface area contributed by atoms with Crippen molar-refractivity contribution in [2.24, 2.45) is 0 Å². The molecule has 2 aromatic carbocycles. The number of aryl methyl sites for hydroxylation is 2. The van der Waals surface area contributed by atoms with Crippen molar-refractivity contribution in [3.8, 4) is 0 Å². The summed E-state index contributed by atoms with van der Waals surface area (Å²) in [5.41, 5.74) is 3.29. The summed E-state index contributed by atoms with van der Waals surface area (Å²) < 4.78 is 30.8. The minimum absolute atomic E-state index is 0.0475. The van der Waals surface area contributed by atoms with Gasteiger partial charge >= 0.3 is 5.97 Å². The van der Waals surface area contributed by atoms with Gasteiger partial charge in [-0.25, -0.2) is 17.9 Å². The van der Waals surface area contributed by atoms with Crippen molar-refractivity contribution in [2.45, 2.75) is 31.7 Å². The first kappa shape index (κ1) is 21.6. The zero-order valence-corrected chi connectivity index (χ0v) is 17.1. The van der Waals surface area contributed by atoms with E-state index >= 15 is 0 Å². The standard InChI is InChI=1S/C20H24N2O5S/c1-13-8-9-16(10-14(13)2)15(3)22-19(23)12-27-20(24)17-6-5-7-18(11-17)28(25,26)21-4/h5-11,15,21H,12H2,1-4H3,(H,22,23)/t15-/m0/s1. The Bertz CT molecular complexity index is 986. The Labute approximate surface area is 165 Å². The van der Waals surface area contributed by atoms with Crippen LogP contribution < -0.4 is 10.0 Å². The Hall–Kier alpha value is -2.71. The number of ether oxygens (including phenoxy) is 1. The van der Waals surface area contributed by atoms with Crippen molar-refractivity contribution < 1.29 is 22.7 Å². The molecule has 0 aromatic heterocycles. The SMILES string of the molecule is CNS(=O)(=O)c1cccc(C(=O)OCC(=O)N[C@@H](C)c2ccc(C)c(C)c2)c1. The quantitative estimate of drug-likeness (QED) is 0.689. The van der Waals surface area contributed by atoms with Crippen LogP contribution in [0.1, 0.15) is 40.0 Å². The van der Waals surface area contributed by atoms with E-state index in [9.17, 15) is 18.0 Å². The van der Waals surface area contributed by atoms with E-state index < -0.39 is 28.5 Å². The lowest BCUT2D eigenvalue weighted by Gasteiger charge is -2.16. The van der Waals surface area contributed by atoms with Crippen molar-refractivity contribution in [3.05, 3.63) is 64.7 Å². The number of benzene rings is 2. The average Bonchev–Trinajstić information content (AvgIpc) is 2.68. The van der Waals surface area contributed by atoms with Crippen LogP contribution in [0.15, 0.2) is 47.4 Å². The highest BCUT2D eigenvalue weighted by Crippen LogP contribution is 2.17. The highest BCUT2D eigenvalue weighted by molar-refractivity contribution is 7.89. The summed E-state index contributed by atoms with van der Waals surface area (Å²) in [4.78, 5) is 24.2. The summed E-state index contributed by atoms with van der Waals surface area (Å²) >= 11 is 0. The molecular formula is C20H24N2O5S. The maximum absolute atomic E-state index is 12.1. The maximum atomic E-state index is 12.1. The van der Waals surface area contributed by atoms with Crippen LogP contribution in [0.5, 0.6) is 0 Å². The van der Waals surface area contributed by atoms with Crippen LogP contribution in [0.25, 0.3) is 0 Å². The molecule has 0 radical (unpaired) electrons. The Morgan fingerprint density at radius 2 is 1.79 bits per heavy atom. The third-order valence-electron chi connectivity index (χ3n) is 4.39. The molecule has 0 saturated heterocycles. The van der Waals surface area contributed by atoms with Crippen LogP contribution in [-0.4, -0.2) is 33.9 Å². The van der Waals surface area contributed by atoms with Gasteiger partial charge < -0.3 is 10.1 Å². The minimum Gasteiger partial charge on any atom is -0.452 e. The number of hydrogen-bond donors (Lipinski definition) is 2. The Morgan fingerprint density at radius 1 is 1.07 bits per heavy atom. The third-order valence-corrected chi connectivity index (χ3v) is 5.80. The van der Waals surface area contributed by atoms with Gasteiger partial charge in [0, 0.05) is 0 Å². The third kappa shape index (κ3) is 5.40. The van der Waals surface area contributed by atoms with E-state index in [-0.39, 0.29) is 16.5 Å². The van der Waals surface area contributed by atoms with E-state index in [0.717, 1.165) is 11.1 Å². The average molecular weight is 404 g/mol. The number of sulfonamides is 1. The molecule has 0 aliphatic rings. The highest BCUT2D eigenvalue weighted by Gasteiger charge is 2.17. The van der Waals surface area contributed by atoms with Crippen molar-refractivity contribution in [2.75, 3.05) is 13.7 Å². The molecule has 0 aliphatic heterocycles. The maximum Gasteiger partial charge on any atom is 0.338 e. The van der Waals surface area contributed by atoms with E-state index in [4.69, 9.17) is 4.74 Å². The summed E-state index contributed by atoms with van der Waals surface area (Å²) in [5.74, 6) is -1.22. The first-order chi connectivity index (χ1) is 13.1. The molecule has 0 aliphatic carbocycles. The summed E-state index contributed by atoms with van der Waals surface area (Å²) in [6, 6.07) is 11.1. The lowest BCUT2D eigenvalue weighted by molar-refractivity contribution is -0.124. The molecule has 0 unspecified atom stereocenters. The van der Waals surface area contributed by atoms with Gasteiger partial charge in [0.2, 0.25) is 10.0 Å². The van der Waals surface area contributed by atoms with Gasteiger partial charge in [-0.2, -0.15) is 0 Å². The first-order valence-electron chi connectivity index (χ1n) is 8.71. The highest BCUT2D eigenvalue weighted by atomic mass is 32.2. The van der Waals surface area contributed by atoms with Crippen molar-refractivity contribution in [3.63, 3.8) is 0 Å². The topological polar surface area (TPSA) is 102 Å². The molecule has 2 rings (SSSR count). The summed E-state index contributed by atoms with van der Waals surface area (Å²) in [5, 5.41) is 2.77. The number of rotatable bonds is 7. The van der Waals surface area contributed by atoms with Gasteiger partial charge in [-0.1, -0.05) is 24.3 Å². The molecule has 1 atom stereocenters. The molecule has 28 heavy (non-hydrogen) atoms. The smallest absolute Gasteiger partial charge is 0.338 e. The van der Waals surface area contributed by atoms with Gasteiger partial charge in [0.1, 0.15) is 0 Å². The van der Waals surface area contributed by atoms with Crippen molar-refractivity contribution >= 4 is 21.9 Å². The Morgan fingerprint density at radius 3 is 2.43 bits per heavy atom. The molecular weight excluding hydrogens is 380 g/mol. The van der Waals surface area contributed by atoms with Crippen LogP contribution in [0.2, 0.25) is 0 Å². The number of hydrogen-bond acceptors (Lipinski definition) is 5. The number of nitrogens with one attached hydrogen (secondary N) is 2. The van der Waals surface area contributed by atoms with Crippen molar-refractivity contribution in [1.82, 2.24) is 10.0 Å². The van der Waals surface area contributed by atoms with E-state index in [1.165, 1.54) is 36.9 Å². The van der Waals surface area contributed by atoms with Crippen molar-refractivity contribution in [1.29, 1.82) is 0 Å². The van der Waals surface area contributed by atoms with E-state index in [1.54, 1.807) is 0 Å². The number of amides is 1. The molecule has 0 heterocycles. The molecule has 0 fully saturated rings. The second-order valence-electron chi connectivity index (χ2n) is 6.44. The molecule has 2 N–H and O–H groups in total. The van der Waals surface area contributed by atoms with Gasteiger partial charge in [0.05, 0.1) is 16.5 Å². The van der Waals surface area contributed by atoms with Gasteiger partial charge in [-0.05, 0) is 62.7 Å². The lowest BCUT2D eigenvalue weighted by atomic mass is 10.0. The zero-order chi connectivity index (χ0) is 20.9. The largest absolute Gasteiger partial charge is 0.452 e.